The fourth-order valence-corrected chi connectivity index (χ4v) is 2.00. The first-order valence-corrected chi connectivity index (χ1v) is 7.40. The Balaban J connectivity index is 2.32. The summed E-state index contributed by atoms with van der Waals surface area (Å²) in [5.41, 5.74) is 0. The summed E-state index contributed by atoms with van der Waals surface area (Å²) in [7, 11) is 0. The Morgan fingerprint density at radius 1 is 1.47 bits per heavy atom. The average molecular weight is 269 g/mol. The minimum absolute atomic E-state index is 0.0562. The Kier molecular flexibility index (Phi) is 8.50. The summed E-state index contributed by atoms with van der Waals surface area (Å²) < 4.78 is 11.0. The molecule has 1 aliphatic rings. The van der Waals surface area contributed by atoms with E-state index in [0.717, 1.165) is 45.3 Å². The summed E-state index contributed by atoms with van der Waals surface area (Å²) in [5, 5.41) is 0. The van der Waals surface area contributed by atoms with E-state index in [1.165, 1.54) is 0 Å². The predicted molar refractivity (Wildman–Crippen MR) is 75.8 cm³/mol. The van der Waals surface area contributed by atoms with E-state index in [2.05, 4.69) is 6.92 Å². The summed E-state index contributed by atoms with van der Waals surface area (Å²) in [6, 6.07) is 0. The van der Waals surface area contributed by atoms with Crippen molar-refractivity contribution in [1.82, 2.24) is 4.90 Å². The molecular weight excluding hydrogens is 242 g/mol. The monoisotopic (exact) mass is 269 g/mol. The van der Waals surface area contributed by atoms with Gasteiger partial charge < -0.3 is 14.4 Å². The molecule has 1 amide bonds. The van der Waals surface area contributed by atoms with E-state index < -0.39 is 0 Å². The topological polar surface area (TPSA) is 38.8 Å². The lowest BCUT2D eigenvalue weighted by Crippen LogP contribution is -2.37. The Hall–Kier alpha value is -0.870. The largest absolute Gasteiger partial charge is 0.353 e. The van der Waals surface area contributed by atoms with Crippen LogP contribution < -0.4 is 0 Å². The van der Waals surface area contributed by atoms with Crippen LogP contribution in [0.3, 0.4) is 0 Å². The lowest BCUT2D eigenvalue weighted by molar-refractivity contribution is -0.174. The highest BCUT2D eigenvalue weighted by Crippen LogP contribution is 2.13. The van der Waals surface area contributed by atoms with Gasteiger partial charge in [0.05, 0.1) is 0 Å². The standard InChI is InChI=1S/C15H27NO3/c1-3-5-10-16(11-6-4-2)14(17)13-19-15-9-7-8-12-18-15/h3,5,15H,4,6-13H2,1-2H3/b5-3+. The highest BCUT2D eigenvalue weighted by molar-refractivity contribution is 5.77. The van der Waals surface area contributed by atoms with E-state index in [1.54, 1.807) is 0 Å². The van der Waals surface area contributed by atoms with Crippen molar-refractivity contribution in [3.63, 3.8) is 0 Å². The summed E-state index contributed by atoms with van der Waals surface area (Å²) >= 11 is 0. The fraction of sp³-hybridized carbons (Fsp3) is 0.800. The molecule has 0 aromatic rings. The molecule has 1 saturated heterocycles. The molecule has 0 radical (unpaired) electrons. The molecule has 0 saturated carbocycles. The van der Waals surface area contributed by atoms with Gasteiger partial charge in [0.15, 0.2) is 6.29 Å². The van der Waals surface area contributed by atoms with Gasteiger partial charge in [0.25, 0.3) is 0 Å². The van der Waals surface area contributed by atoms with Crippen molar-refractivity contribution in [1.29, 1.82) is 0 Å². The van der Waals surface area contributed by atoms with Crippen molar-refractivity contribution in [3.8, 4) is 0 Å². The second-order valence-electron chi connectivity index (χ2n) is 4.87. The van der Waals surface area contributed by atoms with E-state index in [4.69, 9.17) is 9.47 Å². The Bertz CT molecular complexity index is 273. The zero-order chi connectivity index (χ0) is 13.9. The minimum atomic E-state index is -0.188. The molecule has 1 aliphatic heterocycles. The normalized spacial score (nSPS) is 19.8. The third-order valence-corrected chi connectivity index (χ3v) is 3.23. The maximum atomic E-state index is 12.1. The highest BCUT2D eigenvalue weighted by Gasteiger charge is 2.18. The van der Waals surface area contributed by atoms with Gasteiger partial charge in [-0.15, -0.1) is 0 Å². The van der Waals surface area contributed by atoms with Crippen LogP contribution in [0.5, 0.6) is 0 Å². The number of ether oxygens (including phenoxy) is 2. The number of unbranched alkanes of at least 4 members (excludes halogenated alkanes) is 1. The summed E-state index contributed by atoms with van der Waals surface area (Å²) in [4.78, 5) is 14.0. The van der Waals surface area contributed by atoms with Gasteiger partial charge in [-0.2, -0.15) is 0 Å². The van der Waals surface area contributed by atoms with Gasteiger partial charge in [-0.1, -0.05) is 25.5 Å². The number of carbonyl (C=O) groups is 1. The molecule has 110 valence electrons. The lowest BCUT2D eigenvalue weighted by atomic mass is 10.2. The molecule has 1 fully saturated rings. The number of nitrogens with zero attached hydrogens (tertiary/aromatic N) is 1. The molecule has 0 aromatic carbocycles. The van der Waals surface area contributed by atoms with Crippen molar-refractivity contribution in [2.24, 2.45) is 0 Å². The van der Waals surface area contributed by atoms with Gasteiger partial charge in [-0.05, 0) is 32.6 Å². The maximum absolute atomic E-state index is 12.1. The first-order chi connectivity index (χ1) is 9.27. The molecule has 1 unspecified atom stereocenters. The van der Waals surface area contributed by atoms with Crippen LogP contribution in [0, 0.1) is 0 Å². The van der Waals surface area contributed by atoms with E-state index >= 15 is 0 Å². The van der Waals surface area contributed by atoms with Crippen LogP contribution >= 0.6 is 0 Å². The van der Waals surface area contributed by atoms with E-state index in [1.807, 2.05) is 24.0 Å². The average Bonchev–Trinajstić information content (AvgIpc) is 2.46. The Morgan fingerprint density at radius 3 is 2.95 bits per heavy atom. The van der Waals surface area contributed by atoms with Crippen LogP contribution in [0.1, 0.15) is 46.0 Å². The smallest absolute Gasteiger partial charge is 0.248 e. The van der Waals surface area contributed by atoms with Crippen molar-refractivity contribution in [2.75, 3.05) is 26.3 Å². The quantitative estimate of drug-likeness (QED) is 0.636. The molecular formula is C15H27NO3. The molecule has 19 heavy (non-hydrogen) atoms. The first-order valence-electron chi connectivity index (χ1n) is 7.40. The number of allylic oxidation sites excluding steroid dienone is 1. The summed E-state index contributed by atoms with van der Waals surface area (Å²) in [6.45, 7) is 6.45. The summed E-state index contributed by atoms with van der Waals surface area (Å²) in [6.07, 6.45) is 9.02. The zero-order valence-corrected chi connectivity index (χ0v) is 12.3. The van der Waals surface area contributed by atoms with E-state index in [0.29, 0.717) is 6.54 Å². The first kappa shape index (κ1) is 16.2. The van der Waals surface area contributed by atoms with Crippen LogP contribution in [0.25, 0.3) is 0 Å². The second-order valence-corrected chi connectivity index (χ2v) is 4.87. The molecule has 0 N–H and O–H groups in total. The van der Waals surface area contributed by atoms with Crippen LogP contribution in [-0.2, 0) is 14.3 Å². The van der Waals surface area contributed by atoms with Gasteiger partial charge in [-0.3, -0.25) is 4.79 Å². The van der Waals surface area contributed by atoms with Crippen LogP contribution in [0.15, 0.2) is 12.2 Å². The molecule has 0 aromatic heterocycles. The molecule has 4 nitrogen and oxygen atoms in total. The molecule has 4 heteroatoms. The van der Waals surface area contributed by atoms with Gasteiger partial charge in [-0.25, -0.2) is 0 Å². The number of rotatable bonds is 8. The van der Waals surface area contributed by atoms with Crippen LogP contribution in [0.4, 0.5) is 0 Å². The van der Waals surface area contributed by atoms with Crippen molar-refractivity contribution in [3.05, 3.63) is 12.2 Å². The van der Waals surface area contributed by atoms with Gasteiger partial charge >= 0.3 is 0 Å². The molecule has 0 aliphatic carbocycles. The number of amides is 1. The fourth-order valence-electron chi connectivity index (χ4n) is 2.00. The molecule has 0 spiro atoms. The minimum Gasteiger partial charge on any atom is -0.353 e. The Labute approximate surface area is 116 Å². The van der Waals surface area contributed by atoms with Crippen molar-refractivity contribution >= 4 is 5.91 Å². The van der Waals surface area contributed by atoms with Crippen molar-refractivity contribution < 1.29 is 14.3 Å². The summed E-state index contributed by atoms with van der Waals surface area (Å²) in [5.74, 6) is 0.0562. The zero-order valence-electron chi connectivity index (χ0n) is 12.3. The van der Waals surface area contributed by atoms with Crippen molar-refractivity contribution in [2.45, 2.75) is 52.2 Å². The molecule has 1 rings (SSSR count). The van der Waals surface area contributed by atoms with E-state index in [-0.39, 0.29) is 18.8 Å². The van der Waals surface area contributed by atoms with Gasteiger partial charge in [0, 0.05) is 19.7 Å². The highest BCUT2D eigenvalue weighted by atomic mass is 16.7. The number of hydrogen-bond acceptors (Lipinski definition) is 3. The third-order valence-electron chi connectivity index (χ3n) is 3.23. The molecule has 1 atom stereocenters. The van der Waals surface area contributed by atoms with Gasteiger partial charge in [0.2, 0.25) is 5.91 Å². The molecule has 1 heterocycles. The predicted octanol–water partition coefficient (Wildman–Crippen LogP) is 2.73. The Morgan fingerprint density at radius 2 is 2.32 bits per heavy atom. The van der Waals surface area contributed by atoms with Gasteiger partial charge in [0.1, 0.15) is 6.61 Å². The van der Waals surface area contributed by atoms with Crippen LogP contribution in [0.2, 0.25) is 0 Å². The number of carbonyl (C=O) groups excluding carboxylic acids is 1. The second kappa shape index (κ2) is 9.98. The maximum Gasteiger partial charge on any atom is 0.248 e. The lowest BCUT2D eigenvalue weighted by Gasteiger charge is -2.25. The molecule has 0 bridgehead atoms. The third kappa shape index (κ3) is 6.73. The van der Waals surface area contributed by atoms with Crippen LogP contribution in [-0.4, -0.2) is 43.4 Å². The number of hydrogen-bond donors (Lipinski definition) is 0. The van der Waals surface area contributed by atoms with E-state index in [9.17, 15) is 4.79 Å². The SMILES string of the molecule is C/C=C/CN(CCCC)C(=O)COC1CCCCO1.